The maximum atomic E-state index is 13.7. The molecule has 1 aromatic carbocycles. The van der Waals surface area contributed by atoms with E-state index in [0.717, 1.165) is 10.9 Å². The van der Waals surface area contributed by atoms with Crippen molar-refractivity contribution in [2.45, 2.75) is 33.8 Å². The average Bonchev–Trinajstić information content (AvgIpc) is 3.10. The second-order valence-electron chi connectivity index (χ2n) is 4.47. The molecule has 0 saturated heterocycles. The molecule has 0 radical (unpaired) electrons. The first kappa shape index (κ1) is 20.2. The quantitative estimate of drug-likeness (QED) is 0.688. The molecule has 5 heteroatoms. The lowest BCUT2D eigenvalue weighted by atomic mass is 10.1. The van der Waals surface area contributed by atoms with E-state index in [1.165, 1.54) is 17.4 Å². The Hall–Kier alpha value is -1.82. The minimum Gasteiger partial charge on any atom is -0.385 e. The van der Waals surface area contributed by atoms with E-state index in [1.54, 1.807) is 12.1 Å². The van der Waals surface area contributed by atoms with Crippen LogP contribution in [0.3, 0.4) is 0 Å². The molecule has 3 nitrogen and oxygen atoms in total. The lowest BCUT2D eigenvalue weighted by molar-refractivity contribution is 0.182. The Bertz CT molecular complexity index is 758. The van der Waals surface area contributed by atoms with Crippen LogP contribution >= 0.6 is 11.3 Å². The minimum atomic E-state index is -0.781. The molecule has 0 aliphatic heterocycles. The van der Waals surface area contributed by atoms with Gasteiger partial charge in [-0.15, -0.1) is 11.3 Å². The molecule has 0 saturated carbocycles. The van der Waals surface area contributed by atoms with Gasteiger partial charge >= 0.3 is 0 Å². The van der Waals surface area contributed by atoms with Gasteiger partial charge in [0, 0.05) is 22.9 Å². The summed E-state index contributed by atoms with van der Waals surface area (Å²) in [7, 11) is 0. The van der Waals surface area contributed by atoms with E-state index in [-0.39, 0.29) is 12.4 Å². The first-order valence-corrected chi connectivity index (χ1v) is 9.10. The highest BCUT2D eigenvalue weighted by atomic mass is 32.1. The van der Waals surface area contributed by atoms with Crippen LogP contribution in [0.5, 0.6) is 0 Å². The summed E-state index contributed by atoms with van der Waals surface area (Å²) in [4.78, 5) is 4.42. The van der Waals surface area contributed by atoms with Crippen molar-refractivity contribution >= 4 is 21.4 Å². The van der Waals surface area contributed by atoms with Crippen molar-refractivity contribution in [2.24, 2.45) is 5.73 Å². The Labute approximate surface area is 147 Å². The smallest absolute Gasteiger partial charge is 0.141 e. The fourth-order valence-electron chi connectivity index (χ4n) is 2.13. The molecule has 130 valence electrons. The SMILES string of the molecule is CC.CC.NCC(O)c1cccc(-c2csc3c(F)cccc23)n1. The molecule has 0 aliphatic rings. The van der Waals surface area contributed by atoms with Gasteiger partial charge in [0.05, 0.1) is 16.1 Å². The normalized spacial score (nSPS) is 11.1. The van der Waals surface area contributed by atoms with E-state index >= 15 is 0 Å². The summed E-state index contributed by atoms with van der Waals surface area (Å²) in [6, 6.07) is 10.4. The van der Waals surface area contributed by atoms with Crippen molar-refractivity contribution in [3.63, 3.8) is 0 Å². The van der Waals surface area contributed by atoms with Crippen LogP contribution in [0, 0.1) is 5.82 Å². The van der Waals surface area contributed by atoms with Crippen LogP contribution in [0.1, 0.15) is 39.5 Å². The van der Waals surface area contributed by atoms with Crippen molar-refractivity contribution in [1.29, 1.82) is 0 Å². The van der Waals surface area contributed by atoms with Crippen molar-refractivity contribution in [3.05, 3.63) is 53.3 Å². The van der Waals surface area contributed by atoms with E-state index in [4.69, 9.17) is 5.73 Å². The molecule has 3 rings (SSSR count). The number of aliphatic hydroxyl groups excluding tert-OH is 1. The summed E-state index contributed by atoms with van der Waals surface area (Å²) in [5.74, 6) is -0.225. The summed E-state index contributed by atoms with van der Waals surface area (Å²) < 4.78 is 14.3. The van der Waals surface area contributed by atoms with E-state index < -0.39 is 6.10 Å². The monoisotopic (exact) mass is 348 g/mol. The highest BCUT2D eigenvalue weighted by molar-refractivity contribution is 7.17. The number of rotatable bonds is 3. The number of pyridine rings is 1. The number of hydrogen-bond donors (Lipinski definition) is 2. The molecule has 1 atom stereocenters. The zero-order chi connectivity index (χ0) is 18.1. The molecule has 0 aliphatic carbocycles. The van der Waals surface area contributed by atoms with Gasteiger partial charge < -0.3 is 10.8 Å². The van der Waals surface area contributed by atoms with Crippen molar-refractivity contribution in [2.75, 3.05) is 6.54 Å². The molecule has 0 amide bonds. The van der Waals surface area contributed by atoms with Crippen molar-refractivity contribution < 1.29 is 9.50 Å². The number of aromatic nitrogens is 1. The molecule has 24 heavy (non-hydrogen) atoms. The molecule has 3 aromatic rings. The number of nitrogens with two attached hydrogens (primary N) is 1. The van der Waals surface area contributed by atoms with Crippen molar-refractivity contribution in [3.8, 4) is 11.3 Å². The van der Waals surface area contributed by atoms with Gasteiger partial charge in [-0.3, -0.25) is 0 Å². The van der Waals surface area contributed by atoms with Crippen LogP contribution in [0.25, 0.3) is 21.3 Å². The Morgan fingerprint density at radius 3 is 2.46 bits per heavy atom. The summed E-state index contributed by atoms with van der Waals surface area (Å²) in [6.45, 7) is 8.12. The Morgan fingerprint density at radius 1 is 1.12 bits per heavy atom. The fourth-order valence-corrected chi connectivity index (χ4v) is 3.10. The van der Waals surface area contributed by atoms with Gasteiger partial charge in [0.1, 0.15) is 11.9 Å². The van der Waals surface area contributed by atoms with Crippen LogP contribution in [0.4, 0.5) is 4.39 Å². The zero-order valence-electron chi connectivity index (χ0n) is 14.6. The summed E-state index contributed by atoms with van der Waals surface area (Å²) in [5, 5.41) is 12.5. The van der Waals surface area contributed by atoms with Gasteiger partial charge in [0.2, 0.25) is 0 Å². The highest BCUT2D eigenvalue weighted by Crippen LogP contribution is 2.34. The molecule has 1 unspecified atom stereocenters. The van der Waals surface area contributed by atoms with Gasteiger partial charge in [-0.1, -0.05) is 45.9 Å². The van der Waals surface area contributed by atoms with E-state index in [2.05, 4.69) is 4.98 Å². The minimum absolute atomic E-state index is 0.121. The first-order valence-electron chi connectivity index (χ1n) is 8.22. The molecule has 0 spiro atoms. The predicted octanol–water partition coefficient (Wildman–Crippen LogP) is 5.15. The molecule has 2 heterocycles. The third-order valence-corrected chi connectivity index (χ3v) is 4.17. The number of halogens is 1. The number of thiophene rings is 1. The first-order chi connectivity index (χ1) is 11.7. The predicted molar refractivity (Wildman–Crippen MR) is 102 cm³/mol. The average molecular weight is 348 g/mol. The van der Waals surface area contributed by atoms with Gasteiger partial charge in [0.25, 0.3) is 0 Å². The van der Waals surface area contributed by atoms with Gasteiger partial charge in [-0.2, -0.15) is 0 Å². The molecule has 0 bridgehead atoms. The van der Waals surface area contributed by atoms with E-state index in [0.29, 0.717) is 16.1 Å². The maximum Gasteiger partial charge on any atom is 0.141 e. The fraction of sp³-hybridized carbons (Fsp3) is 0.316. The topological polar surface area (TPSA) is 59.1 Å². The molecule has 0 fully saturated rings. The third-order valence-electron chi connectivity index (χ3n) is 3.16. The van der Waals surface area contributed by atoms with Crippen LogP contribution in [-0.4, -0.2) is 16.6 Å². The van der Waals surface area contributed by atoms with Gasteiger partial charge in [0.15, 0.2) is 0 Å². The lowest BCUT2D eigenvalue weighted by Gasteiger charge is -2.08. The third kappa shape index (κ3) is 4.38. The number of benzene rings is 1. The maximum absolute atomic E-state index is 13.7. The van der Waals surface area contributed by atoms with E-state index in [1.807, 2.05) is 51.3 Å². The van der Waals surface area contributed by atoms with Crippen LogP contribution < -0.4 is 5.73 Å². The molecule has 3 N–H and O–H groups in total. The van der Waals surface area contributed by atoms with Crippen LogP contribution in [0.2, 0.25) is 0 Å². The number of hydrogen-bond acceptors (Lipinski definition) is 4. The van der Waals surface area contributed by atoms with Crippen molar-refractivity contribution in [1.82, 2.24) is 4.98 Å². The molecular weight excluding hydrogens is 323 g/mol. The Balaban J connectivity index is 0.000000671. The lowest BCUT2D eigenvalue weighted by Crippen LogP contribution is -2.12. The molecule has 2 aromatic heterocycles. The van der Waals surface area contributed by atoms with Crippen LogP contribution in [0.15, 0.2) is 41.8 Å². The summed E-state index contributed by atoms with van der Waals surface area (Å²) in [5.41, 5.74) is 7.56. The number of aliphatic hydroxyl groups is 1. The highest BCUT2D eigenvalue weighted by Gasteiger charge is 2.12. The summed E-state index contributed by atoms with van der Waals surface area (Å²) >= 11 is 1.35. The second-order valence-corrected chi connectivity index (χ2v) is 5.34. The Morgan fingerprint density at radius 2 is 1.79 bits per heavy atom. The summed E-state index contributed by atoms with van der Waals surface area (Å²) in [6.07, 6.45) is -0.781. The second kappa shape index (κ2) is 10.1. The zero-order valence-corrected chi connectivity index (χ0v) is 15.4. The molecular formula is C19H25FN2OS. The number of nitrogens with zero attached hydrogens (tertiary/aromatic N) is 1. The largest absolute Gasteiger partial charge is 0.385 e. The standard InChI is InChI=1S/C15H13FN2OS.2C2H6/c16-11-4-1-3-9-10(8-20-15(9)11)12-5-2-6-13(18-12)14(19)7-17;2*1-2/h1-6,8,14,19H,7,17H2;2*1-2H3. The van der Waals surface area contributed by atoms with E-state index in [9.17, 15) is 9.50 Å². The van der Waals surface area contributed by atoms with Crippen LogP contribution in [-0.2, 0) is 0 Å². The van der Waals surface area contributed by atoms with Gasteiger partial charge in [-0.25, -0.2) is 9.37 Å². The van der Waals surface area contributed by atoms with Gasteiger partial charge in [-0.05, 0) is 18.2 Å². The number of fused-ring (bicyclic) bond motifs is 1. The Kier molecular flexibility index (Phi) is 8.54.